The molecule has 0 amide bonds. The molecule has 1 unspecified atom stereocenters. The fourth-order valence-electron chi connectivity index (χ4n) is 1.02. The van der Waals surface area contributed by atoms with Gasteiger partial charge in [0.25, 0.3) is 0 Å². The zero-order valence-corrected chi connectivity index (χ0v) is 8.08. The van der Waals surface area contributed by atoms with Crippen LogP contribution in [0.3, 0.4) is 0 Å². The molecule has 0 aliphatic heterocycles. The average molecular weight is 229 g/mol. The Labute approximate surface area is 72.9 Å². The van der Waals surface area contributed by atoms with E-state index in [4.69, 9.17) is 0 Å². The molecule has 1 nitrogen and oxygen atoms in total. The van der Waals surface area contributed by atoms with E-state index in [1.54, 1.807) is 6.92 Å². The summed E-state index contributed by atoms with van der Waals surface area (Å²) in [5.74, 6) is 0. The van der Waals surface area contributed by atoms with Crippen molar-refractivity contribution in [3.8, 4) is 0 Å². The third kappa shape index (κ3) is 1.31. The van der Waals surface area contributed by atoms with Crippen LogP contribution in [0.15, 0.2) is 0 Å². The maximum absolute atomic E-state index is 12.7. The lowest BCUT2D eigenvalue weighted by molar-refractivity contribution is -0.143. The Bertz CT molecular complexity index is 163. The first-order valence-electron chi connectivity index (χ1n) is 3.50. The molecule has 0 saturated heterocycles. The Kier molecular flexibility index (Phi) is 1.85. The van der Waals surface area contributed by atoms with Gasteiger partial charge in [0.1, 0.15) is 5.60 Å². The van der Waals surface area contributed by atoms with Crippen molar-refractivity contribution in [1.29, 1.82) is 0 Å². The van der Waals surface area contributed by atoms with E-state index in [0.29, 0.717) is 12.8 Å². The van der Waals surface area contributed by atoms with E-state index in [0.717, 1.165) is 0 Å². The Morgan fingerprint density at radius 1 is 1.45 bits per heavy atom. The summed E-state index contributed by atoms with van der Waals surface area (Å²) >= 11 is 2.19. The number of aliphatic hydroxyl groups is 1. The lowest BCUT2D eigenvalue weighted by Crippen LogP contribution is -2.47. The number of halogens is 3. The summed E-state index contributed by atoms with van der Waals surface area (Å²) in [4.78, 5) is -3.19. The molecule has 11 heavy (non-hydrogen) atoms. The van der Waals surface area contributed by atoms with Crippen LogP contribution in [0.5, 0.6) is 0 Å². The monoisotopic (exact) mass is 228 g/mol. The number of hydrogen-bond acceptors (Lipinski definition) is 1. The van der Waals surface area contributed by atoms with Crippen LogP contribution in [-0.2, 0) is 0 Å². The third-order valence-corrected chi connectivity index (χ3v) is 3.50. The predicted molar refractivity (Wildman–Crippen MR) is 41.8 cm³/mol. The SMILES string of the molecule is CC1(C(C)(O)C(F)(F)Br)CC1. The van der Waals surface area contributed by atoms with Crippen molar-refractivity contribution < 1.29 is 13.9 Å². The molecule has 1 aliphatic carbocycles. The molecule has 1 N–H and O–H groups in total. The highest BCUT2D eigenvalue weighted by molar-refractivity contribution is 9.10. The smallest absolute Gasteiger partial charge is 0.329 e. The van der Waals surface area contributed by atoms with E-state index in [2.05, 4.69) is 15.9 Å². The molecule has 0 heterocycles. The van der Waals surface area contributed by atoms with Crippen molar-refractivity contribution in [2.45, 2.75) is 37.1 Å². The van der Waals surface area contributed by atoms with Crippen LogP contribution in [0.1, 0.15) is 26.7 Å². The highest BCUT2D eigenvalue weighted by atomic mass is 79.9. The summed E-state index contributed by atoms with van der Waals surface area (Å²) in [5.41, 5.74) is -2.54. The Balaban J connectivity index is 2.82. The second kappa shape index (κ2) is 2.16. The zero-order chi connectivity index (χ0) is 8.91. The van der Waals surface area contributed by atoms with Crippen molar-refractivity contribution in [2.24, 2.45) is 5.41 Å². The summed E-state index contributed by atoms with van der Waals surface area (Å²) in [6, 6.07) is 0. The molecule has 0 bridgehead atoms. The van der Waals surface area contributed by atoms with E-state index in [1.165, 1.54) is 6.92 Å². The molecule has 0 spiro atoms. The molecular weight excluding hydrogens is 218 g/mol. The van der Waals surface area contributed by atoms with Gasteiger partial charge in [-0.25, -0.2) is 0 Å². The molecule has 1 fully saturated rings. The van der Waals surface area contributed by atoms with Crippen molar-refractivity contribution in [3.63, 3.8) is 0 Å². The van der Waals surface area contributed by atoms with Crippen LogP contribution in [0, 0.1) is 5.41 Å². The number of alkyl halides is 3. The second-order valence-electron chi connectivity index (χ2n) is 3.63. The van der Waals surface area contributed by atoms with Gasteiger partial charge in [-0.3, -0.25) is 0 Å². The third-order valence-electron chi connectivity index (χ3n) is 2.73. The summed E-state index contributed by atoms with van der Waals surface area (Å²) in [6.07, 6.45) is 1.34. The molecule has 4 heteroatoms. The lowest BCUT2D eigenvalue weighted by Gasteiger charge is -2.34. The van der Waals surface area contributed by atoms with Crippen LogP contribution in [0.4, 0.5) is 8.78 Å². The fourth-order valence-corrected chi connectivity index (χ4v) is 1.50. The fraction of sp³-hybridized carbons (Fsp3) is 1.00. The Hall–Kier alpha value is 0.300. The maximum Gasteiger partial charge on any atom is 0.329 e. The van der Waals surface area contributed by atoms with Gasteiger partial charge in [-0.15, -0.1) is 0 Å². The Morgan fingerprint density at radius 3 is 1.91 bits per heavy atom. The van der Waals surface area contributed by atoms with Gasteiger partial charge < -0.3 is 5.11 Å². The summed E-state index contributed by atoms with van der Waals surface area (Å²) in [7, 11) is 0. The largest absolute Gasteiger partial charge is 0.382 e. The molecule has 0 radical (unpaired) electrons. The molecule has 1 rings (SSSR count). The summed E-state index contributed by atoms with van der Waals surface area (Å²) in [6.45, 7) is 2.84. The molecule has 1 atom stereocenters. The van der Waals surface area contributed by atoms with Crippen LogP contribution in [0.25, 0.3) is 0 Å². The van der Waals surface area contributed by atoms with Crippen LogP contribution in [-0.4, -0.2) is 15.5 Å². The van der Waals surface area contributed by atoms with Gasteiger partial charge in [-0.2, -0.15) is 8.78 Å². The maximum atomic E-state index is 12.7. The van der Waals surface area contributed by atoms with Crippen LogP contribution < -0.4 is 0 Å². The molecule has 66 valence electrons. The number of rotatable bonds is 2. The van der Waals surface area contributed by atoms with Crippen molar-refractivity contribution in [3.05, 3.63) is 0 Å². The quantitative estimate of drug-likeness (QED) is 0.721. The summed E-state index contributed by atoms with van der Waals surface area (Å²) in [5, 5.41) is 9.45. The van der Waals surface area contributed by atoms with Gasteiger partial charge in [0.05, 0.1) is 0 Å². The van der Waals surface area contributed by atoms with Gasteiger partial charge in [-0.1, -0.05) is 6.92 Å². The molecule has 0 aromatic rings. The first-order valence-corrected chi connectivity index (χ1v) is 4.29. The van der Waals surface area contributed by atoms with E-state index in [-0.39, 0.29) is 0 Å². The van der Waals surface area contributed by atoms with E-state index >= 15 is 0 Å². The molecule has 0 aromatic carbocycles. The minimum atomic E-state index is -3.19. The highest BCUT2D eigenvalue weighted by Crippen LogP contribution is 2.59. The van der Waals surface area contributed by atoms with E-state index in [9.17, 15) is 13.9 Å². The van der Waals surface area contributed by atoms with Crippen molar-refractivity contribution >= 4 is 15.9 Å². The zero-order valence-electron chi connectivity index (χ0n) is 6.50. The standard InChI is InChI=1S/C7H11BrF2O/c1-5(3-4-5)6(2,11)7(8,9)10/h11H,3-4H2,1-2H3. The minimum Gasteiger partial charge on any atom is -0.382 e. The lowest BCUT2D eigenvalue weighted by atomic mass is 9.88. The van der Waals surface area contributed by atoms with Crippen LogP contribution in [0.2, 0.25) is 0 Å². The van der Waals surface area contributed by atoms with Crippen LogP contribution >= 0.6 is 15.9 Å². The van der Waals surface area contributed by atoms with Gasteiger partial charge in [0.2, 0.25) is 0 Å². The van der Waals surface area contributed by atoms with Crippen molar-refractivity contribution in [1.82, 2.24) is 0 Å². The molecule has 1 aliphatic rings. The molecule has 1 saturated carbocycles. The predicted octanol–water partition coefficient (Wildman–Crippen LogP) is 2.53. The number of hydrogen-bond donors (Lipinski definition) is 1. The first kappa shape index (κ1) is 9.39. The Morgan fingerprint density at radius 2 is 1.82 bits per heavy atom. The minimum absolute atomic E-state index is 0.611. The second-order valence-corrected chi connectivity index (χ2v) is 4.63. The van der Waals surface area contributed by atoms with Gasteiger partial charge >= 0.3 is 4.83 Å². The van der Waals surface area contributed by atoms with Gasteiger partial charge in [-0.05, 0) is 35.7 Å². The summed E-state index contributed by atoms with van der Waals surface area (Å²) < 4.78 is 25.4. The van der Waals surface area contributed by atoms with E-state index < -0.39 is 15.8 Å². The average Bonchev–Trinajstić information content (AvgIpc) is 2.45. The first-order chi connectivity index (χ1) is 4.71. The molecule has 0 aromatic heterocycles. The van der Waals surface area contributed by atoms with Gasteiger partial charge in [0.15, 0.2) is 0 Å². The van der Waals surface area contributed by atoms with Gasteiger partial charge in [0, 0.05) is 5.41 Å². The van der Waals surface area contributed by atoms with E-state index in [1.807, 2.05) is 0 Å². The van der Waals surface area contributed by atoms with Crippen molar-refractivity contribution in [2.75, 3.05) is 0 Å². The highest BCUT2D eigenvalue weighted by Gasteiger charge is 2.63. The topological polar surface area (TPSA) is 20.2 Å². The normalized spacial score (nSPS) is 27.8. The molecular formula is C7H11BrF2O.